The molecule has 1 aliphatic heterocycles. The number of H-pyrrole nitrogens is 4. The topological polar surface area (TPSA) is 361 Å². The van der Waals surface area contributed by atoms with Gasteiger partial charge in [0.25, 0.3) is 11.8 Å². The van der Waals surface area contributed by atoms with Gasteiger partial charge in [-0.2, -0.15) is 5.10 Å². The summed E-state index contributed by atoms with van der Waals surface area (Å²) in [7, 11) is -3.49. The lowest BCUT2D eigenvalue weighted by atomic mass is 9.95. The van der Waals surface area contributed by atoms with Gasteiger partial charge < -0.3 is 51.6 Å². The summed E-state index contributed by atoms with van der Waals surface area (Å²) >= 11 is 0. The minimum Gasteiger partial charge on any atom is -0.379 e. The van der Waals surface area contributed by atoms with Crippen molar-refractivity contribution < 1.29 is 27.1 Å². The van der Waals surface area contributed by atoms with Gasteiger partial charge >= 0.3 is 0 Å². The van der Waals surface area contributed by atoms with Crippen LogP contribution < -0.4 is 53.3 Å². The Kier molecular flexibility index (Phi) is 24.7. The molecule has 0 radical (unpaired) electrons. The number of aromatic nitrogens is 13. The molecule has 3 aliphatic carbocycles. The van der Waals surface area contributed by atoms with Crippen molar-refractivity contribution in [2.75, 3.05) is 47.6 Å². The fourth-order valence-electron chi connectivity index (χ4n) is 16.6. The second-order valence-electron chi connectivity index (χ2n) is 32.0. The molecule has 128 heavy (non-hydrogen) atoms. The van der Waals surface area contributed by atoms with Crippen LogP contribution in [0, 0.1) is 5.82 Å². The van der Waals surface area contributed by atoms with E-state index >= 15 is 0 Å². The number of morpholine rings is 1. The van der Waals surface area contributed by atoms with E-state index in [1.807, 2.05) is 152 Å². The maximum Gasteiger partial charge on any atom is 0.251 e. The molecule has 0 atom stereocenters. The maximum atomic E-state index is 13.3. The summed E-state index contributed by atoms with van der Waals surface area (Å²) in [5.41, 5.74) is 19.5. The summed E-state index contributed by atoms with van der Waals surface area (Å²) in [6.45, 7) is 4.54. The van der Waals surface area contributed by atoms with Crippen LogP contribution in [0.25, 0.3) is 67.6 Å². The molecule has 29 nitrogen and oxygen atoms in total. The Bertz CT molecular complexity index is 7090. The number of pyridine rings is 7. The van der Waals surface area contributed by atoms with Gasteiger partial charge in [0, 0.05) is 180 Å². The summed E-state index contributed by atoms with van der Waals surface area (Å²) in [6.07, 6.45) is 34.4. The third-order valence-electron chi connectivity index (χ3n) is 23.4. The average Bonchev–Trinajstić information content (AvgIpc) is 1.62. The summed E-state index contributed by atoms with van der Waals surface area (Å²) < 4.78 is 54.5. The normalized spacial score (nSPS) is 14.5. The quantitative estimate of drug-likeness (QED) is 0.0300. The number of halogens is 1. The van der Waals surface area contributed by atoms with E-state index in [1.165, 1.54) is 37.0 Å². The Hall–Kier alpha value is -15.2. The zero-order valence-electron chi connectivity index (χ0n) is 69.6. The van der Waals surface area contributed by atoms with E-state index < -0.39 is 15.6 Å². The number of nitrogens with zero attached hydrogens (tertiary/aromatic N) is 10. The van der Waals surface area contributed by atoms with Crippen molar-refractivity contribution in [3.8, 4) is 45.0 Å². The minimum atomic E-state index is -3.49. The number of fused-ring (bicyclic) bond motifs is 4. The van der Waals surface area contributed by atoms with E-state index in [2.05, 4.69) is 111 Å². The number of sulfonamides is 1. The highest BCUT2D eigenvalue weighted by Gasteiger charge is 2.46. The highest BCUT2D eigenvalue weighted by Crippen LogP contribution is 2.46. The Morgan fingerprint density at radius 2 is 0.852 bits per heavy atom. The smallest absolute Gasteiger partial charge is 0.251 e. The Labute approximate surface area is 734 Å². The zero-order chi connectivity index (χ0) is 87.5. The number of benzene rings is 5. The van der Waals surface area contributed by atoms with Gasteiger partial charge in [-0.05, 0) is 213 Å². The second kappa shape index (κ2) is 37.7. The monoisotopic (exact) mass is 1730 g/mol. The van der Waals surface area contributed by atoms with Gasteiger partial charge in [-0.15, -0.1) is 0 Å². The van der Waals surface area contributed by atoms with Crippen molar-refractivity contribution >= 4 is 89.9 Å². The first-order valence-electron chi connectivity index (χ1n) is 42.6. The number of nitrogens with one attached hydrogen (secondary N) is 11. The lowest BCUT2D eigenvalue weighted by molar-refractivity contribution is 0.0342. The van der Waals surface area contributed by atoms with Gasteiger partial charge in [0.05, 0.1) is 75.4 Å². The number of hydrogen-bond acceptors (Lipinski definition) is 18. The second-order valence-corrected chi connectivity index (χ2v) is 33.8. The zero-order valence-corrected chi connectivity index (χ0v) is 70.4. The standard InChI is InChI=1S/C28H22FN5O2.C25H25N5O2.C23H23N5O2.C21H22N6O2S/c29-21-5-3-20(4-6-21)28(12-13-28)33-27(36)18-1-7-22(8-2-18)32-23-9-10-24(34-16-15-31-26(23)34)19-11-14-30-25(35)17-19;31-23-16-18(12-13-26-23)22-11-10-21(24-27-14-15-30(22)24)28-20-8-6-17(7-9-20)25(32)29-19-4-2-1-3-5-19;29-22-15-18(7-8-24-22)21-6-5-20(23-25-9-10-28(21)23)26-19-3-1-17(2-4-19)16-27-11-13-30-14-12-27;28-30(29,26-17-3-1-2-4-17)18-7-5-16(6-8-18)25-19-9-10-20(15-13-23-24-14-15)27-12-11-22-21(19)27/h1-11,14-17,32H,12-13H2,(H,30,35)(H,33,36);6-16,19,28H,1-5H2,(H,26,31)(H,29,32);1-10,15,26H,11-14,16H2,(H,24,29);5-14,17,25-26H,1-4H2,(H,23,24). The van der Waals surface area contributed by atoms with Crippen molar-refractivity contribution in [3.63, 3.8) is 0 Å². The van der Waals surface area contributed by atoms with Crippen LogP contribution in [0.15, 0.2) is 306 Å². The van der Waals surface area contributed by atoms with Crippen LogP contribution in [0.3, 0.4) is 0 Å². The molecule has 3 saturated carbocycles. The van der Waals surface area contributed by atoms with Crippen LogP contribution >= 0.6 is 0 Å². The number of amides is 2. The number of hydrogen-bond donors (Lipinski definition) is 11. The number of anilines is 8. The third kappa shape index (κ3) is 19.5. The first-order valence-corrected chi connectivity index (χ1v) is 44.1. The van der Waals surface area contributed by atoms with E-state index in [4.69, 9.17) is 4.74 Å². The predicted octanol–water partition coefficient (Wildman–Crippen LogP) is 16.4. The van der Waals surface area contributed by atoms with Crippen molar-refractivity contribution in [2.45, 2.75) is 99.7 Å². The van der Waals surface area contributed by atoms with E-state index in [0.717, 1.165) is 197 Å². The molecule has 21 rings (SSSR count). The van der Waals surface area contributed by atoms with Crippen LogP contribution in [-0.4, -0.2) is 126 Å². The molecule has 0 unspecified atom stereocenters. The Morgan fingerprint density at radius 3 is 1.27 bits per heavy atom. The van der Waals surface area contributed by atoms with Crippen molar-refractivity contribution in [1.82, 2.24) is 82.9 Å². The summed E-state index contributed by atoms with van der Waals surface area (Å²) in [5, 5.41) is 26.7. The van der Waals surface area contributed by atoms with Crippen LogP contribution in [0.2, 0.25) is 0 Å². The van der Waals surface area contributed by atoms with Crippen molar-refractivity contribution in [3.05, 3.63) is 346 Å². The van der Waals surface area contributed by atoms with E-state index in [0.29, 0.717) is 22.8 Å². The number of carbonyl (C=O) groups is 2. The van der Waals surface area contributed by atoms with Crippen LogP contribution in [0.4, 0.5) is 49.9 Å². The SMILES string of the molecule is O=C(NC1(c2ccc(F)cc2)CC1)c1ccc(Nc2ccc(-c3cc[nH]c(=O)c3)n3ccnc23)cc1.O=C(NC1CCCCC1)c1ccc(Nc2ccc(-c3cc[nH]c(=O)c3)n3ccnc23)cc1.O=S(=O)(NC1CCCC1)c1ccc(Nc2ccc(-c3cn[nH]c3)n3ccnc23)cc1.O=c1cc(-c2ccc(Nc3ccc(CN4CCOCC4)cc3)c3nccn23)cc[nH]1. The minimum absolute atomic E-state index is 0.0127. The molecule has 13 heterocycles. The highest BCUT2D eigenvalue weighted by atomic mass is 32.2. The number of carbonyl (C=O) groups excluding carboxylic acids is 2. The third-order valence-corrected chi connectivity index (χ3v) is 24.9. The van der Waals surface area contributed by atoms with E-state index in [9.17, 15) is 36.8 Å². The van der Waals surface area contributed by atoms with Gasteiger partial charge in [-0.25, -0.2) is 37.5 Å². The summed E-state index contributed by atoms with van der Waals surface area (Å²) in [4.78, 5) is 89.2. The molecule has 12 aromatic heterocycles. The summed E-state index contributed by atoms with van der Waals surface area (Å²) in [6, 6.07) is 62.7. The van der Waals surface area contributed by atoms with Crippen LogP contribution in [0.1, 0.15) is 102 Å². The van der Waals surface area contributed by atoms with Crippen molar-refractivity contribution in [2.24, 2.45) is 0 Å². The molecule has 4 fully saturated rings. The van der Waals surface area contributed by atoms with Gasteiger partial charge in [0.1, 0.15) is 5.82 Å². The van der Waals surface area contributed by atoms with E-state index in [-0.39, 0.29) is 45.2 Å². The largest absolute Gasteiger partial charge is 0.379 e. The van der Waals surface area contributed by atoms with E-state index in [1.54, 1.807) is 116 Å². The molecule has 0 spiro atoms. The Balaban J connectivity index is 0.000000116. The first-order chi connectivity index (χ1) is 62.5. The molecular weight excluding hydrogens is 1640 g/mol. The van der Waals surface area contributed by atoms with Crippen molar-refractivity contribution in [1.29, 1.82) is 0 Å². The number of imidazole rings is 4. The molecule has 5 aromatic carbocycles. The van der Waals surface area contributed by atoms with Gasteiger partial charge in [0.2, 0.25) is 26.7 Å². The molecule has 0 bridgehead atoms. The lowest BCUT2D eigenvalue weighted by Crippen LogP contribution is -2.36. The fraction of sp³-hybridized carbons (Fsp3) is 0.196. The maximum absolute atomic E-state index is 13.3. The first kappa shape index (κ1) is 83.7. The number of ether oxygens (including phenoxy) is 1. The lowest BCUT2D eigenvalue weighted by Gasteiger charge is -2.26. The molecule has 1 saturated heterocycles. The molecule has 17 aromatic rings. The number of rotatable bonds is 22. The van der Waals surface area contributed by atoms with Gasteiger partial charge in [0.15, 0.2) is 22.6 Å². The van der Waals surface area contributed by atoms with Crippen LogP contribution in [-0.2, 0) is 26.8 Å². The molecule has 11 N–H and O–H groups in total. The molecule has 31 heteroatoms. The van der Waals surface area contributed by atoms with Gasteiger partial charge in [-0.1, -0.05) is 56.4 Å². The highest BCUT2D eigenvalue weighted by molar-refractivity contribution is 7.89. The molecule has 2 amide bonds. The Morgan fingerprint density at radius 1 is 0.453 bits per heavy atom. The number of aromatic amines is 4. The fourth-order valence-corrected chi connectivity index (χ4v) is 17.9. The molecule has 4 aliphatic rings. The van der Waals surface area contributed by atoms with Crippen LogP contribution in [0.5, 0.6) is 0 Å². The molecular formula is C97H92FN21O8S. The van der Waals surface area contributed by atoms with Gasteiger partial charge in [-0.3, -0.25) is 51.6 Å². The predicted molar refractivity (Wildman–Crippen MR) is 493 cm³/mol. The molecule has 646 valence electrons. The average molecular weight is 1730 g/mol. The summed E-state index contributed by atoms with van der Waals surface area (Å²) in [5.74, 6) is -0.468.